The van der Waals surface area contributed by atoms with Gasteiger partial charge in [0.2, 0.25) is 0 Å². The molecule has 0 saturated carbocycles. The standard InChI is InChI=1S/C24H30N4O3.3C2HF3O2/c1-3-31-23(30)24-11-7-13-28(22(29)21-10-4-5-12-25-21)15-19(24)14-27(17-24)16-20-9-6-8-18(2)26-20;3*3-2(4,5)1(6)7/h4-6,8-10,12,19H,3,7,11,13-17H2,1-2H3;3*(H,6,7)/t19-,24+;;;/m1.../s1. The van der Waals surface area contributed by atoms with Crippen LogP contribution >= 0.6 is 0 Å². The Morgan fingerprint density at radius 1 is 0.846 bits per heavy atom. The summed E-state index contributed by atoms with van der Waals surface area (Å²) in [7, 11) is 0. The van der Waals surface area contributed by atoms with Crippen molar-refractivity contribution >= 4 is 29.8 Å². The van der Waals surface area contributed by atoms with E-state index in [2.05, 4.69) is 14.9 Å². The molecule has 0 unspecified atom stereocenters. The molecule has 290 valence electrons. The van der Waals surface area contributed by atoms with E-state index < -0.39 is 41.9 Å². The minimum atomic E-state index is -5.08. The first kappa shape index (κ1) is 45.0. The van der Waals surface area contributed by atoms with Gasteiger partial charge in [-0.25, -0.2) is 14.4 Å². The van der Waals surface area contributed by atoms with Crippen molar-refractivity contribution < 1.29 is 83.5 Å². The number of esters is 1. The summed E-state index contributed by atoms with van der Waals surface area (Å²) in [6.45, 7) is 7.42. The number of ether oxygens (including phenoxy) is 1. The molecule has 2 aliphatic heterocycles. The number of alkyl halides is 9. The minimum Gasteiger partial charge on any atom is -0.475 e. The number of carboxylic acids is 3. The number of amides is 1. The average molecular weight is 765 g/mol. The molecule has 4 rings (SSSR count). The maximum absolute atomic E-state index is 13.2. The van der Waals surface area contributed by atoms with Crippen LogP contribution in [0.4, 0.5) is 39.5 Å². The van der Waals surface area contributed by atoms with Gasteiger partial charge in [0.15, 0.2) is 0 Å². The molecular weight excluding hydrogens is 731 g/mol. The lowest BCUT2D eigenvalue weighted by molar-refractivity contribution is -0.193. The summed E-state index contributed by atoms with van der Waals surface area (Å²) in [5, 5.41) is 21.4. The van der Waals surface area contributed by atoms with Crippen LogP contribution in [0.1, 0.15) is 41.6 Å². The molecule has 0 aromatic carbocycles. The van der Waals surface area contributed by atoms with Crippen LogP contribution in [0.2, 0.25) is 0 Å². The Bertz CT molecular complexity index is 1470. The van der Waals surface area contributed by atoms with E-state index in [4.69, 9.17) is 34.4 Å². The Morgan fingerprint density at radius 3 is 1.83 bits per heavy atom. The third kappa shape index (κ3) is 14.3. The summed E-state index contributed by atoms with van der Waals surface area (Å²) >= 11 is 0. The van der Waals surface area contributed by atoms with Gasteiger partial charge in [-0.2, -0.15) is 39.5 Å². The number of aryl methyl sites for hydroxylation is 1. The van der Waals surface area contributed by atoms with Gasteiger partial charge in [-0.05, 0) is 51.0 Å². The van der Waals surface area contributed by atoms with Gasteiger partial charge in [0, 0.05) is 50.5 Å². The molecule has 22 heteroatoms. The lowest BCUT2D eigenvalue weighted by Gasteiger charge is -2.31. The Labute approximate surface area is 289 Å². The molecule has 2 saturated heterocycles. The normalized spacial score (nSPS) is 18.8. The third-order valence-corrected chi connectivity index (χ3v) is 7.17. The molecule has 4 heterocycles. The summed E-state index contributed by atoms with van der Waals surface area (Å²) in [6, 6.07) is 11.4. The van der Waals surface area contributed by atoms with E-state index in [0.717, 1.165) is 30.8 Å². The molecule has 52 heavy (non-hydrogen) atoms. The van der Waals surface area contributed by atoms with Crippen molar-refractivity contribution in [2.24, 2.45) is 11.3 Å². The highest BCUT2D eigenvalue weighted by molar-refractivity contribution is 5.92. The van der Waals surface area contributed by atoms with Crippen molar-refractivity contribution in [1.29, 1.82) is 0 Å². The second kappa shape index (κ2) is 19.0. The van der Waals surface area contributed by atoms with Crippen LogP contribution in [0, 0.1) is 18.3 Å². The van der Waals surface area contributed by atoms with E-state index in [-0.39, 0.29) is 17.8 Å². The molecule has 0 radical (unpaired) electrons. The van der Waals surface area contributed by atoms with Crippen LogP contribution in [-0.4, -0.2) is 116 Å². The van der Waals surface area contributed by atoms with E-state index in [9.17, 15) is 49.1 Å². The predicted octanol–water partition coefficient (Wildman–Crippen LogP) is 4.60. The summed E-state index contributed by atoms with van der Waals surface area (Å²) in [5.74, 6) is -8.45. The summed E-state index contributed by atoms with van der Waals surface area (Å²) < 4.78 is 101. The van der Waals surface area contributed by atoms with Crippen molar-refractivity contribution in [2.45, 2.75) is 51.8 Å². The first-order valence-corrected chi connectivity index (χ1v) is 14.8. The molecule has 3 N–H and O–H groups in total. The zero-order valence-electron chi connectivity index (χ0n) is 27.3. The van der Waals surface area contributed by atoms with Gasteiger partial charge in [0.05, 0.1) is 17.7 Å². The van der Waals surface area contributed by atoms with Gasteiger partial charge in [0.25, 0.3) is 5.91 Å². The van der Waals surface area contributed by atoms with Gasteiger partial charge < -0.3 is 25.0 Å². The highest BCUT2D eigenvalue weighted by Crippen LogP contribution is 2.44. The van der Waals surface area contributed by atoms with Gasteiger partial charge in [-0.1, -0.05) is 12.1 Å². The fourth-order valence-electron chi connectivity index (χ4n) is 5.02. The SMILES string of the molecule is CCOC(=O)[C@]12CCCN(C(=O)c3ccccn3)C[C@H]1CN(Cc1cccc(C)n1)C2.O=C(O)C(F)(F)F.O=C(O)C(F)(F)F.O=C(O)C(F)(F)F. The molecule has 2 aromatic heterocycles. The maximum atomic E-state index is 13.2. The topological polar surface area (TPSA) is 188 Å². The summed E-state index contributed by atoms with van der Waals surface area (Å²) in [4.78, 5) is 65.9. The Hall–Kier alpha value is -5.02. The number of carbonyl (C=O) groups excluding carboxylic acids is 2. The number of nitrogens with zero attached hydrogens (tertiary/aromatic N) is 4. The second-order valence-corrected chi connectivity index (χ2v) is 11.0. The number of hydrogen-bond donors (Lipinski definition) is 3. The van der Waals surface area contributed by atoms with E-state index in [1.54, 1.807) is 18.3 Å². The molecular formula is C30H33F9N4O9. The number of aromatic nitrogens is 2. The van der Waals surface area contributed by atoms with Crippen LogP contribution in [0.15, 0.2) is 42.6 Å². The molecule has 2 fully saturated rings. The van der Waals surface area contributed by atoms with E-state index in [1.807, 2.05) is 43.0 Å². The van der Waals surface area contributed by atoms with Gasteiger partial charge in [0.1, 0.15) is 5.69 Å². The number of hydrogen-bond acceptors (Lipinski definition) is 9. The van der Waals surface area contributed by atoms with Crippen molar-refractivity contribution in [3.8, 4) is 0 Å². The van der Waals surface area contributed by atoms with Crippen LogP contribution in [0.25, 0.3) is 0 Å². The Kier molecular flexibility index (Phi) is 16.4. The fourth-order valence-corrected chi connectivity index (χ4v) is 5.02. The highest BCUT2D eigenvalue weighted by atomic mass is 19.4. The maximum Gasteiger partial charge on any atom is 0.490 e. The molecule has 2 atom stereocenters. The largest absolute Gasteiger partial charge is 0.490 e. The lowest BCUT2D eigenvalue weighted by atomic mass is 9.75. The Balaban J connectivity index is 0.000000525. The summed E-state index contributed by atoms with van der Waals surface area (Å²) in [5.41, 5.74) is 1.85. The molecule has 13 nitrogen and oxygen atoms in total. The quantitative estimate of drug-likeness (QED) is 0.284. The number of likely N-dealkylation sites (tertiary alicyclic amines) is 2. The molecule has 1 amide bonds. The number of fused-ring (bicyclic) bond motifs is 1. The summed E-state index contributed by atoms with van der Waals surface area (Å²) in [6.07, 6.45) is -12.1. The van der Waals surface area contributed by atoms with Gasteiger partial charge in [-0.3, -0.25) is 24.5 Å². The highest BCUT2D eigenvalue weighted by Gasteiger charge is 2.54. The number of aliphatic carboxylic acids is 3. The van der Waals surface area contributed by atoms with E-state index >= 15 is 0 Å². The predicted molar refractivity (Wildman–Crippen MR) is 157 cm³/mol. The van der Waals surface area contributed by atoms with Crippen LogP contribution in [-0.2, 0) is 30.5 Å². The Morgan fingerprint density at radius 2 is 1.38 bits per heavy atom. The molecule has 0 bridgehead atoms. The fraction of sp³-hybridized carbons (Fsp3) is 0.500. The van der Waals surface area contributed by atoms with Crippen molar-refractivity contribution in [2.75, 3.05) is 32.8 Å². The molecule has 0 aliphatic carbocycles. The second-order valence-electron chi connectivity index (χ2n) is 11.0. The number of pyridine rings is 2. The number of carbonyl (C=O) groups is 5. The van der Waals surface area contributed by atoms with Crippen molar-refractivity contribution in [3.05, 3.63) is 59.7 Å². The van der Waals surface area contributed by atoms with Crippen LogP contribution in [0.5, 0.6) is 0 Å². The van der Waals surface area contributed by atoms with Crippen LogP contribution < -0.4 is 0 Å². The first-order chi connectivity index (χ1) is 23.8. The van der Waals surface area contributed by atoms with E-state index in [1.165, 1.54) is 0 Å². The van der Waals surface area contributed by atoms with E-state index in [0.29, 0.717) is 38.5 Å². The van der Waals surface area contributed by atoms with Crippen molar-refractivity contribution in [3.63, 3.8) is 0 Å². The van der Waals surface area contributed by atoms with Gasteiger partial charge in [-0.15, -0.1) is 0 Å². The zero-order chi connectivity index (χ0) is 40.1. The number of rotatable bonds is 5. The molecule has 0 spiro atoms. The van der Waals surface area contributed by atoms with Crippen LogP contribution in [0.3, 0.4) is 0 Å². The number of carboxylic acid groups (broad SMARTS) is 3. The molecule has 2 aliphatic rings. The number of halogens is 9. The lowest BCUT2D eigenvalue weighted by Crippen LogP contribution is -2.43. The zero-order valence-corrected chi connectivity index (χ0v) is 27.3. The first-order valence-electron chi connectivity index (χ1n) is 14.8. The third-order valence-electron chi connectivity index (χ3n) is 7.17. The average Bonchev–Trinajstić information content (AvgIpc) is 3.26. The van der Waals surface area contributed by atoms with Crippen molar-refractivity contribution in [1.82, 2.24) is 19.8 Å². The monoisotopic (exact) mass is 764 g/mol. The smallest absolute Gasteiger partial charge is 0.475 e. The molecule has 2 aromatic rings. The minimum absolute atomic E-state index is 0.0199. The van der Waals surface area contributed by atoms with Gasteiger partial charge >= 0.3 is 42.4 Å².